The highest BCUT2D eigenvalue weighted by Crippen LogP contribution is 2.07. The average molecular weight is 183 g/mol. The highest BCUT2D eigenvalue weighted by atomic mass is 14.8. The van der Waals surface area contributed by atoms with Gasteiger partial charge in [-0.15, -0.1) is 0 Å². The molecular weight excluding hydrogens is 158 g/mol. The molecule has 1 N–H and O–H groups in total. The molecule has 0 fully saturated rings. The summed E-state index contributed by atoms with van der Waals surface area (Å²) in [7, 11) is 0. The van der Waals surface area contributed by atoms with E-state index in [0.29, 0.717) is 0 Å². The molecular formula is C12H25N. The fourth-order valence-corrected chi connectivity index (χ4v) is 1.19. The number of hydrogen-bond acceptors (Lipinski definition) is 1. The van der Waals surface area contributed by atoms with Crippen molar-refractivity contribution in [2.24, 2.45) is 5.92 Å². The van der Waals surface area contributed by atoms with Crippen molar-refractivity contribution in [1.82, 2.24) is 5.32 Å². The second-order valence-electron chi connectivity index (χ2n) is 4.16. The quantitative estimate of drug-likeness (QED) is 0.449. The van der Waals surface area contributed by atoms with Gasteiger partial charge in [-0.3, -0.25) is 0 Å². The molecule has 0 bridgehead atoms. The summed E-state index contributed by atoms with van der Waals surface area (Å²) in [5.41, 5.74) is 1.39. The Morgan fingerprint density at radius 3 is 2.54 bits per heavy atom. The van der Waals surface area contributed by atoms with Crippen LogP contribution in [0.3, 0.4) is 0 Å². The van der Waals surface area contributed by atoms with Crippen LogP contribution in [0, 0.1) is 5.92 Å². The molecule has 0 rings (SSSR count). The summed E-state index contributed by atoms with van der Waals surface area (Å²) in [5.74, 6) is 0.769. The van der Waals surface area contributed by atoms with Crippen LogP contribution >= 0.6 is 0 Å². The van der Waals surface area contributed by atoms with Crippen molar-refractivity contribution in [3.8, 4) is 0 Å². The van der Waals surface area contributed by atoms with Crippen molar-refractivity contribution in [2.45, 2.75) is 46.5 Å². The van der Waals surface area contributed by atoms with E-state index in [-0.39, 0.29) is 0 Å². The van der Waals surface area contributed by atoms with E-state index < -0.39 is 0 Å². The third-order valence-corrected chi connectivity index (χ3v) is 2.19. The van der Waals surface area contributed by atoms with Gasteiger partial charge in [0.2, 0.25) is 0 Å². The molecule has 0 aromatic carbocycles. The molecule has 0 aromatic heterocycles. The predicted octanol–water partition coefficient (Wildman–Crippen LogP) is 3.37. The van der Waals surface area contributed by atoms with Crippen LogP contribution in [0.25, 0.3) is 0 Å². The first-order chi connectivity index (χ1) is 6.16. The number of rotatable bonds is 8. The van der Waals surface area contributed by atoms with E-state index in [1.165, 1.54) is 24.8 Å². The van der Waals surface area contributed by atoms with Gasteiger partial charge in [0.05, 0.1) is 0 Å². The summed E-state index contributed by atoms with van der Waals surface area (Å²) >= 11 is 0. The van der Waals surface area contributed by atoms with Crippen molar-refractivity contribution in [3.63, 3.8) is 0 Å². The minimum Gasteiger partial charge on any atom is -0.316 e. The van der Waals surface area contributed by atoms with Gasteiger partial charge >= 0.3 is 0 Å². The monoisotopic (exact) mass is 183 g/mol. The van der Waals surface area contributed by atoms with Gasteiger partial charge in [-0.25, -0.2) is 0 Å². The molecule has 0 atom stereocenters. The first-order valence-electron chi connectivity index (χ1n) is 5.54. The highest BCUT2D eigenvalue weighted by molar-refractivity contribution is 4.91. The normalized spacial score (nSPS) is 10.8. The van der Waals surface area contributed by atoms with Crippen LogP contribution in [0.5, 0.6) is 0 Å². The molecule has 0 spiro atoms. The third kappa shape index (κ3) is 9.62. The molecule has 0 aliphatic heterocycles. The van der Waals surface area contributed by atoms with E-state index in [2.05, 4.69) is 32.7 Å². The van der Waals surface area contributed by atoms with E-state index in [9.17, 15) is 0 Å². The maximum absolute atomic E-state index is 4.00. The molecule has 0 aromatic rings. The molecule has 0 aliphatic rings. The zero-order chi connectivity index (χ0) is 10.1. The average Bonchev–Trinajstić information content (AvgIpc) is 2.10. The van der Waals surface area contributed by atoms with E-state index in [4.69, 9.17) is 0 Å². The molecule has 0 heterocycles. The molecule has 13 heavy (non-hydrogen) atoms. The van der Waals surface area contributed by atoms with Crippen molar-refractivity contribution in [2.75, 3.05) is 13.1 Å². The van der Waals surface area contributed by atoms with Gasteiger partial charge in [0.25, 0.3) is 0 Å². The Morgan fingerprint density at radius 2 is 2.00 bits per heavy atom. The summed E-state index contributed by atoms with van der Waals surface area (Å²) in [6.45, 7) is 13.0. The summed E-state index contributed by atoms with van der Waals surface area (Å²) in [4.78, 5) is 0. The van der Waals surface area contributed by atoms with Crippen LogP contribution in [0.4, 0.5) is 0 Å². The van der Waals surface area contributed by atoms with Crippen molar-refractivity contribution < 1.29 is 0 Å². The summed E-state index contributed by atoms with van der Waals surface area (Å²) in [6.07, 6.45) is 4.92. The van der Waals surface area contributed by atoms with Gasteiger partial charge in [-0.05, 0) is 44.7 Å². The van der Waals surface area contributed by atoms with E-state index in [1.807, 2.05) is 0 Å². The largest absolute Gasteiger partial charge is 0.316 e. The topological polar surface area (TPSA) is 12.0 Å². The summed E-state index contributed by atoms with van der Waals surface area (Å²) < 4.78 is 0. The SMILES string of the molecule is C=C(CC)CCCCNCC(C)C. The summed E-state index contributed by atoms with van der Waals surface area (Å²) in [5, 5.41) is 3.45. The van der Waals surface area contributed by atoms with Crippen molar-refractivity contribution in [3.05, 3.63) is 12.2 Å². The minimum absolute atomic E-state index is 0.769. The second kappa shape index (κ2) is 8.31. The fourth-order valence-electron chi connectivity index (χ4n) is 1.19. The number of unbranched alkanes of at least 4 members (excludes halogenated alkanes) is 1. The van der Waals surface area contributed by atoms with E-state index >= 15 is 0 Å². The second-order valence-corrected chi connectivity index (χ2v) is 4.16. The predicted molar refractivity (Wildman–Crippen MR) is 61.0 cm³/mol. The first kappa shape index (κ1) is 12.7. The number of nitrogens with one attached hydrogen (secondary N) is 1. The van der Waals surface area contributed by atoms with Gasteiger partial charge in [-0.1, -0.05) is 32.9 Å². The lowest BCUT2D eigenvalue weighted by Gasteiger charge is -2.07. The molecule has 78 valence electrons. The molecule has 1 heteroatoms. The van der Waals surface area contributed by atoms with E-state index in [1.54, 1.807) is 0 Å². The highest BCUT2D eigenvalue weighted by Gasteiger charge is 1.94. The Balaban J connectivity index is 3.04. The standard InChI is InChI=1S/C12H25N/c1-5-12(4)8-6-7-9-13-10-11(2)3/h11,13H,4-10H2,1-3H3. The zero-order valence-corrected chi connectivity index (χ0v) is 9.53. The number of hydrogen-bond donors (Lipinski definition) is 1. The van der Waals surface area contributed by atoms with Crippen molar-refractivity contribution >= 4 is 0 Å². The summed E-state index contributed by atoms with van der Waals surface area (Å²) in [6, 6.07) is 0. The van der Waals surface area contributed by atoms with Crippen LogP contribution in [0.1, 0.15) is 46.5 Å². The minimum atomic E-state index is 0.769. The lowest BCUT2D eigenvalue weighted by molar-refractivity contribution is 0.534. The van der Waals surface area contributed by atoms with Gasteiger partial charge < -0.3 is 5.32 Å². The van der Waals surface area contributed by atoms with Gasteiger partial charge in [0.1, 0.15) is 0 Å². The van der Waals surface area contributed by atoms with Crippen LogP contribution < -0.4 is 5.32 Å². The Morgan fingerprint density at radius 1 is 1.31 bits per heavy atom. The maximum Gasteiger partial charge on any atom is -0.00258 e. The Hall–Kier alpha value is -0.300. The first-order valence-corrected chi connectivity index (χ1v) is 5.54. The van der Waals surface area contributed by atoms with Gasteiger partial charge in [0.15, 0.2) is 0 Å². The maximum atomic E-state index is 4.00. The molecule has 1 nitrogen and oxygen atoms in total. The Kier molecular flexibility index (Phi) is 8.11. The molecule has 0 saturated heterocycles. The molecule has 0 saturated carbocycles. The van der Waals surface area contributed by atoms with E-state index in [0.717, 1.165) is 25.4 Å². The fraction of sp³-hybridized carbons (Fsp3) is 0.833. The number of allylic oxidation sites excluding steroid dienone is 1. The molecule has 0 radical (unpaired) electrons. The third-order valence-electron chi connectivity index (χ3n) is 2.19. The zero-order valence-electron chi connectivity index (χ0n) is 9.53. The molecule has 0 amide bonds. The van der Waals surface area contributed by atoms with Gasteiger partial charge in [-0.2, -0.15) is 0 Å². The van der Waals surface area contributed by atoms with Crippen LogP contribution in [0.15, 0.2) is 12.2 Å². The van der Waals surface area contributed by atoms with Gasteiger partial charge in [0, 0.05) is 0 Å². The lowest BCUT2D eigenvalue weighted by Crippen LogP contribution is -2.20. The Bertz CT molecular complexity index is 127. The van der Waals surface area contributed by atoms with Crippen LogP contribution in [-0.4, -0.2) is 13.1 Å². The smallest absolute Gasteiger partial charge is 0.00258 e. The molecule has 0 unspecified atom stereocenters. The van der Waals surface area contributed by atoms with Crippen molar-refractivity contribution in [1.29, 1.82) is 0 Å². The molecule has 0 aliphatic carbocycles. The van der Waals surface area contributed by atoms with Crippen LogP contribution in [-0.2, 0) is 0 Å². The van der Waals surface area contributed by atoms with Crippen LogP contribution in [0.2, 0.25) is 0 Å². The lowest BCUT2D eigenvalue weighted by atomic mass is 10.1. The Labute approximate surface area is 83.6 Å².